The Morgan fingerprint density at radius 3 is 0.313 bits per heavy atom. The number of carbonyl (C=O) groups is 14. The molecule has 0 amide bonds. The average molecular weight is 2280 g/mol. The van der Waals surface area contributed by atoms with Crippen molar-refractivity contribution in [3.63, 3.8) is 0 Å². The lowest BCUT2D eigenvalue weighted by Crippen LogP contribution is -2.70. The fraction of sp³-hybridized carbons (Fsp3) is 0.800. The van der Waals surface area contributed by atoms with Gasteiger partial charge in [0.2, 0.25) is 72.8 Å². The van der Waals surface area contributed by atoms with E-state index >= 15 is 0 Å². The van der Waals surface area contributed by atoms with Gasteiger partial charge >= 0.3 is 83.6 Å². The van der Waals surface area contributed by atoms with Crippen molar-refractivity contribution in [1.29, 1.82) is 0 Å². The zero-order chi connectivity index (χ0) is 110. The van der Waals surface area contributed by atoms with Gasteiger partial charge in [0.25, 0.3) is 0 Å². The molecule has 0 spiro atoms. The fourth-order valence-corrected chi connectivity index (χ4v) is 17.7. The van der Waals surface area contributed by atoms with Crippen LogP contribution in [0.25, 0.3) is 0 Å². The molecule has 0 radical (unpaired) electrons. The second-order valence-corrected chi connectivity index (χ2v) is 38.8. The largest absolute Gasteiger partial charge is 0.726 e. The van der Waals surface area contributed by atoms with E-state index in [-0.39, 0.29) is 0 Å². The van der Waals surface area contributed by atoms with Gasteiger partial charge in [-0.25, -0.2) is 58.9 Å². The van der Waals surface area contributed by atoms with E-state index in [1.165, 1.54) is 0 Å². The van der Waals surface area contributed by atoms with E-state index in [1.807, 2.05) is 0 Å². The van der Waals surface area contributed by atoms with Crippen LogP contribution in [-0.4, -0.2) is 436 Å². The molecule has 21 aliphatic heterocycles. The summed E-state index contributed by atoms with van der Waals surface area (Å²) in [6.45, 7) is -6.66. The second-order valence-electron chi connectivity index (χ2n) is 31.4. The summed E-state index contributed by atoms with van der Waals surface area (Å²) in [6, 6.07) is 0. The highest BCUT2D eigenvalue weighted by molar-refractivity contribution is 7.82. The Kier molecular flexibility index (Phi) is 43.2. The maximum Gasteiger partial charge on any atom is 0.303 e. The van der Waals surface area contributed by atoms with Crippen LogP contribution >= 0.6 is 0 Å². The highest BCUT2D eigenvalue weighted by atomic mass is 32.3. The van der Waals surface area contributed by atoms with E-state index in [2.05, 4.69) is 29.3 Å². The molecule has 0 aliphatic carbocycles. The Hall–Kier alpha value is -8.89. The minimum atomic E-state index is -6.26. The van der Waals surface area contributed by atoms with Gasteiger partial charge in [-0.05, 0) is 0 Å². The van der Waals surface area contributed by atoms with Gasteiger partial charge in [0.1, 0.15) is 85.5 Å². The molecule has 21 heterocycles. The third kappa shape index (κ3) is 37.9. The van der Waals surface area contributed by atoms with Crippen LogP contribution in [0.15, 0.2) is 0 Å². The van der Waals surface area contributed by atoms with Crippen LogP contribution in [-0.2, 0) is 302 Å². The third-order valence-electron chi connectivity index (χ3n) is 20.0. The minimum Gasteiger partial charge on any atom is -0.726 e. The van der Waals surface area contributed by atoms with Crippen molar-refractivity contribution in [2.45, 2.75) is 312 Å². The van der Waals surface area contributed by atoms with Crippen molar-refractivity contribution in [2.24, 2.45) is 0 Å². The molecule has 35 atom stereocenters. The van der Waals surface area contributed by atoms with Gasteiger partial charge in [-0.1, -0.05) is 0 Å². The lowest BCUT2D eigenvalue weighted by Gasteiger charge is -2.52. The molecule has 0 aromatic rings. The van der Waals surface area contributed by atoms with Crippen LogP contribution in [0.1, 0.15) is 96.9 Å². The van der Waals surface area contributed by atoms with Crippen LogP contribution < -0.4 is 0 Å². The maximum absolute atomic E-state index is 13.8. The molecule has 0 N–H and O–H groups in total. The molecule has 0 aromatic carbocycles. The number of ether oxygens (including phenoxy) is 28. The van der Waals surface area contributed by atoms with Crippen LogP contribution in [0.5, 0.6) is 0 Å². The van der Waals surface area contributed by atoms with E-state index in [0.29, 0.717) is 96.9 Å². The Morgan fingerprint density at radius 2 is 0.238 bits per heavy atom. The zero-order valence-corrected chi connectivity index (χ0v) is 83.3. The predicted molar refractivity (Wildman–Crippen MR) is 422 cm³/mol. The van der Waals surface area contributed by atoms with Crippen molar-refractivity contribution in [3.8, 4) is 0 Å². The third-order valence-corrected chi connectivity index (χ3v) is 23.0. The quantitative estimate of drug-likeness (QED) is 0.0246. The summed E-state index contributed by atoms with van der Waals surface area (Å²) in [4.78, 5) is 193. The van der Waals surface area contributed by atoms with E-state index in [0.717, 1.165) is 0 Å². The molecule has 840 valence electrons. The van der Waals surface area contributed by atoms with Crippen molar-refractivity contribution < 1.29 is 320 Å². The van der Waals surface area contributed by atoms with Crippen molar-refractivity contribution in [3.05, 3.63) is 0 Å². The highest BCUT2D eigenvalue weighted by Crippen LogP contribution is 2.46. The van der Waals surface area contributed by atoms with Gasteiger partial charge in [-0.15, -0.1) is 0 Å². The van der Waals surface area contributed by atoms with E-state index in [9.17, 15) is 158 Å². The molecule has 0 aromatic heterocycles. The molecule has 77 heteroatoms. The number of hydrogen-bond acceptors (Lipinski definition) is 70. The standard InChI is InChI=1S/C70H98O70S7/c1-22(71)113-50-43-36(15-106-141(85,86)87)127-64(57(50)120-29(8)78)135-44-37(16-107-142(88,89)90)129-66(59(122-31(10)80)51(44)114-23(2)72)137-46-39(18-109-144(94,95)96)131-68(61(124-33(12)82)53(46)116-25(4)74)139-48-41(20-111-146(100,101)102)133-70(63(126-35(14)84)55(48)118-27(6)76)140-49-42(21-112-147(103,104)105)132-69(62(125-34(13)83)56(49)119-28(7)77)138-47-40(19-110-145(97,98)99)130-67(60(123-32(11)81)54(47)117-26(5)75)136-45-38(17-108-143(91,92)93)128-65(134-43)58(121-30(9)79)52(45)115-24(3)73/h36-70H,15-21H2,1-14H3,(H,85,86,87)(H,88,89,90)(H,91,92,93)(H,94,95,96)(H,97,98,99)(H,100,101,102)(H,103,104,105)/p-7. The summed E-state index contributed by atoms with van der Waals surface area (Å²) in [5.74, 6) is -23.2. The second kappa shape index (κ2) is 51.5. The molecule has 0 saturated carbocycles. The van der Waals surface area contributed by atoms with Gasteiger partial charge in [-0.3, -0.25) is 96.4 Å². The van der Waals surface area contributed by atoms with Crippen molar-refractivity contribution in [1.82, 2.24) is 0 Å². The van der Waals surface area contributed by atoms with Gasteiger partial charge in [-0.2, -0.15) is 0 Å². The summed E-state index contributed by atoms with van der Waals surface area (Å²) < 4.78 is 465. The van der Waals surface area contributed by atoms with Gasteiger partial charge < -0.3 is 165 Å². The lowest BCUT2D eigenvalue weighted by atomic mass is 9.94. The van der Waals surface area contributed by atoms with Gasteiger partial charge in [0.05, 0.1) is 46.2 Å². The number of hydrogen-bond donors (Lipinski definition) is 0. The molecule has 21 saturated heterocycles. The Bertz CT molecular complexity index is 4640. The smallest absolute Gasteiger partial charge is 0.303 e. The van der Waals surface area contributed by atoms with E-state index < -0.39 is 418 Å². The zero-order valence-electron chi connectivity index (χ0n) is 77.6. The fourth-order valence-electron chi connectivity index (χ4n) is 15.6. The topological polar surface area (TPSA) is 962 Å². The first-order valence-electron chi connectivity index (χ1n) is 41.5. The molecule has 21 fully saturated rings. The molecular weight excluding hydrogens is 2190 g/mol. The lowest BCUT2D eigenvalue weighted by molar-refractivity contribution is -0.396. The first-order valence-corrected chi connectivity index (χ1v) is 50.8. The summed E-state index contributed by atoms with van der Waals surface area (Å²) in [5, 5.41) is 0. The SMILES string of the molecule is CC(=O)OC1C2OC(COS(=O)(=O)[O-])C(OC3OC(COS(=O)(=O)[O-])C(OC4OC(COS(=O)(=O)[O-])C(OC5OC(COS(=O)(=O)[O-])C(OC6OC(COS(=O)(=O)[O-])C(OC7OC(COS(=O)(=O)[O-])C(OC8OC(COS(=O)(=O)[O-])C(O2)C(OC(C)=O)C8OC(C)=O)C(OC(C)=O)C7OC(C)=O)C(OC(C)=O)C6OC(C)=O)C(OC(C)=O)C5OC(C)=O)C(OC(C)=O)C4OC(C)=O)C(OC(C)=O)C3OC(C)=O)C1OC(C)=O. The first kappa shape index (κ1) is 123. The summed E-state index contributed by atoms with van der Waals surface area (Å²) in [6.07, 6.45) is -102. The number of carbonyl (C=O) groups excluding carboxylic acids is 14. The van der Waals surface area contributed by atoms with Crippen molar-refractivity contribution in [2.75, 3.05) is 46.2 Å². The van der Waals surface area contributed by atoms with E-state index in [1.54, 1.807) is 0 Å². The van der Waals surface area contributed by atoms with Crippen LogP contribution in [0, 0.1) is 0 Å². The molecule has 147 heavy (non-hydrogen) atoms. The number of rotatable bonds is 35. The number of esters is 14. The van der Waals surface area contributed by atoms with Crippen LogP contribution in [0.4, 0.5) is 0 Å². The minimum absolute atomic E-state index is 0.506. The molecule has 21 rings (SSSR count). The molecular formula is C70H91O70S7-7. The highest BCUT2D eigenvalue weighted by Gasteiger charge is 2.66. The Balaban J connectivity index is 1.56. The van der Waals surface area contributed by atoms with Crippen molar-refractivity contribution >= 4 is 156 Å². The molecule has 14 bridgehead atoms. The van der Waals surface area contributed by atoms with Gasteiger partial charge in [0.15, 0.2) is 129 Å². The van der Waals surface area contributed by atoms with Crippen LogP contribution in [0.3, 0.4) is 0 Å². The summed E-state index contributed by atoms with van der Waals surface area (Å²) in [5.41, 5.74) is 0. The monoisotopic (exact) mass is 2280 g/mol. The molecule has 35 unspecified atom stereocenters. The van der Waals surface area contributed by atoms with E-state index in [4.69, 9.17) is 133 Å². The summed E-state index contributed by atoms with van der Waals surface area (Å²) in [7, 11) is -43.9. The summed E-state index contributed by atoms with van der Waals surface area (Å²) >= 11 is 0. The van der Waals surface area contributed by atoms with Gasteiger partial charge in [0, 0.05) is 96.9 Å². The normalized spacial score (nSPS) is 34.7. The maximum atomic E-state index is 13.8. The molecule has 21 aliphatic rings. The Labute approximate surface area is 830 Å². The predicted octanol–water partition coefficient (Wildman–Crippen LogP) is -10.8. The Morgan fingerprint density at radius 1 is 0.156 bits per heavy atom. The van der Waals surface area contributed by atoms with Crippen LogP contribution in [0.2, 0.25) is 0 Å². The first-order chi connectivity index (χ1) is 67.7. The molecule has 70 nitrogen and oxygen atoms in total. The average Bonchev–Trinajstić information content (AvgIpc) is 0.835.